The quantitative estimate of drug-likeness (QED) is 0.378. The van der Waals surface area contributed by atoms with Gasteiger partial charge < -0.3 is 18.9 Å². The number of rotatable bonds is 8. The number of nitrogens with zero attached hydrogens (tertiary/aromatic N) is 2. The molecule has 0 aromatic heterocycles. The summed E-state index contributed by atoms with van der Waals surface area (Å²) in [6.07, 6.45) is 0.428. The zero-order valence-corrected chi connectivity index (χ0v) is 16.4. The number of hydrogen-bond donors (Lipinski definition) is 0. The molecule has 2 fully saturated rings. The van der Waals surface area contributed by atoms with E-state index in [0.29, 0.717) is 19.8 Å². The average Bonchev–Trinajstić information content (AvgIpc) is 3.60. The van der Waals surface area contributed by atoms with Gasteiger partial charge in [0, 0.05) is 0 Å². The molecule has 2 heterocycles. The van der Waals surface area contributed by atoms with Gasteiger partial charge in [0.2, 0.25) is 0 Å². The van der Waals surface area contributed by atoms with Crippen LogP contribution in [0.3, 0.4) is 0 Å². The summed E-state index contributed by atoms with van der Waals surface area (Å²) < 4.78 is 21.7. The van der Waals surface area contributed by atoms with Crippen LogP contribution in [0.5, 0.6) is 11.5 Å². The third kappa shape index (κ3) is 4.84. The SMILES string of the molecule is c1cc(OC2COC2)ccc1/N=N/c1ccc(-c2ccc(OCC3CO3)cc2)cc1. The third-order valence-corrected chi connectivity index (χ3v) is 4.92. The lowest BCUT2D eigenvalue weighted by Crippen LogP contribution is -2.38. The van der Waals surface area contributed by atoms with E-state index < -0.39 is 0 Å². The molecule has 2 saturated heterocycles. The van der Waals surface area contributed by atoms with E-state index in [1.54, 1.807) is 0 Å². The fourth-order valence-electron chi connectivity index (χ4n) is 3.00. The summed E-state index contributed by atoms with van der Waals surface area (Å²) in [7, 11) is 0. The number of benzene rings is 3. The van der Waals surface area contributed by atoms with Gasteiger partial charge >= 0.3 is 0 Å². The van der Waals surface area contributed by atoms with E-state index in [2.05, 4.69) is 22.4 Å². The molecule has 5 rings (SSSR count). The van der Waals surface area contributed by atoms with Crippen LogP contribution in [-0.2, 0) is 9.47 Å². The van der Waals surface area contributed by atoms with Crippen molar-refractivity contribution in [2.45, 2.75) is 12.2 Å². The van der Waals surface area contributed by atoms with Crippen LogP contribution in [0.4, 0.5) is 11.4 Å². The van der Waals surface area contributed by atoms with Crippen molar-refractivity contribution in [1.82, 2.24) is 0 Å². The lowest BCUT2D eigenvalue weighted by Gasteiger charge is -2.26. The molecule has 0 radical (unpaired) electrons. The number of epoxide rings is 1. The molecule has 0 saturated carbocycles. The molecule has 6 heteroatoms. The van der Waals surface area contributed by atoms with Crippen LogP contribution in [0.15, 0.2) is 83.0 Å². The maximum Gasteiger partial charge on any atom is 0.145 e. The van der Waals surface area contributed by atoms with Gasteiger partial charge in [0.1, 0.15) is 30.3 Å². The highest BCUT2D eigenvalue weighted by molar-refractivity contribution is 5.66. The minimum atomic E-state index is 0.164. The van der Waals surface area contributed by atoms with Crippen LogP contribution in [-0.4, -0.2) is 38.6 Å². The highest BCUT2D eigenvalue weighted by Gasteiger charge is 2.23. The van der Waals surface area contributed by atoms with Crippen LogP contribution < -0.4 is 9.47 Å². The lowest BCUT2D eigenvalue weighted by atomic mass is 10.1. The lowest BCUT2D eigenvalue weighted by molar-refractivity contribution is -0.0796. The molecular weight excluding hydrogens is 380 g/mol. The first kappa shape index (κ1) is 18.8. The zero-order chi connectivity index (χ0) is 20.2. The molecule has 2 aliphatic heterocycles. The highest BCUT2D eigenvalue weighted by atomic mass is 16.6. The largest absolute Gasteiger partial charge is 0.491 e. The van der Waals surface area contributed by atoms with Gasteiger partial charge in [-0.1, -0.05) is 24.3 Å². The van der Waals surface area contributed by atoms with E-state index in [1.807, 2.05) is 60.7 Å². The second-order valence-corrected chi connectivity index (χ2v) is 7.31. The molecule has 1 atom stereocenters. The van der Waals surface area contributed by atoms with Crippen molar-refractivity contribution in [3.05, 3.63) is 72.8 Å². The minimum Gasteiger partial charge on any atom is -0.491 e. The van der Waals surface area contributed by atoms with Gasteiger partial charge in [0.25, 0.3) is 0 Å². The van der Waals surface area contributed by atoms with Crippen LogP contribution in [0.25, 0.3) is 11.1 Å². The number of ether oxygens (including phenoxy) is 4. The van der Waals surface area contributed by atoms with Crippen molar-refractivity contribution >= 4 is 11.4 Å². The normalized spacial score (nSPS) is 18.2. The Morgan fingerprint density at radius 2 is 1.23 bits per heavy atom. The monoisotopic (exact) mass is 402 g/mol. The molecular formula is C24H22N2O4. The second kappa shape index (κ2) is 8.65. The summed E-state index contributed by atoms with van der Waals surface area (Å²) in [5.41, 5.74) is 3.83. The van der Waals surface area contributed by atoms with Crippen molar-refractivity contribution in [1.29, 1.82) is 0 Å². The van der Waals surface area contributed by atoms with Crippen molar-refractivity contribution < 1.29 is 18.9 Å². The first-order valence-electron chi connectivity index (χ1n) is 10.0. The summed E-state index contributed by atoms with van der Waals surface area (Å²) in [5, 5.41) is 8.63. The number of azo groups is 1. The van der Waals surface area contributed by atoms with Crippen LogP contribution >= 0.6 is 0 Å². The molecule has 3 aromatic rings. The topological polar surface area (TPSA) is 64.9 Å². The van der Waals surface area contributed by atoms with Crippen LogP contribution in [0.1, 0.15) is 0 Å². The summed E-state index contributed by atoms with van der Waals surface area (Å²) in [4.78, 5) is 0. The average molecular weight is 402 g/mol. The summed E-state index contributed by atoms with van der Waals surface area (Å²) in [6.45, 7) is 2.73. The fraction of sp³-hybridized carbons (Fsp3) is 0.250. The smallest absolute Gasteiger partial charge is 0.145 e. The number of hydrogen-bond acceptors (Lipinski definition) is 6. The van der Waals surface area contributed by atoms with Crippen LogP contribution in [0, 0.1) is 0 Å². The Hall–Kier alpha value is -3.22. The summed E-state index contributed by atoms with van der Waals surface area (Å²) >= 11 is 0. The molecule has 2 aliphatic rings. The van der Waals surface area contributed by atoms with Crippen LogP contribution in [0.2, 0.25) is 0 Å². The molecule has 6 nitrogen and oxygen atoms in total. The fourth-order valence-corrected chi connectivity index (χ4v) is 3.00. The predicted molar refractivity (Wildman–Crippen MR) is 113 cm³/mol. The van der Waals surface area contributed by atoms with Gasteiger partial charge in [-0.2, -0.15) is 10.2 Å². The van der Waals surface area contributed by atoms with E-state index in [4.69, 9.17) is 18.9 Å². The molecule has 152 valence electrons. The Balaban J connectivity index is 1.18. The zero-order valence-electron chi connectivity index (χ0n) is 16.4. The van der Waals surface area contributed by atoms with E-state index in [9.17, 15) is 0 Å². The van der Waals surface area contributed by atoms with Gasteiger partial charge in [-0.3, -0.25) is 0 Å². The maximum absolute atomic E-state index is 5.75. The Labute approximate surface area is 175 Å². The molecule has 30 heavy (non-hydrogen) atoms. The standard InChI is InChI=1S/C24H22N2O4/c1-5-19(25-26-20-7-11-22(12-8-20)30-24-13-27-14-24)6-2-17(1)18-3-9-21(10-4-18)28-15-23-16-29-23/h1-12,23-24H,13-16H2/b26-25+. The molecule has 0 amide bonds. The summed E-state index contributed by atoms with van der Waals surface area (Å²) in [6, 6.07) is 23.7. The highest BCUT2D eigenvalue weighted by Crippen LogP contribution is 2.27. The Bertz CT molecular complexity index is 993. The van der Waals surface area contributed by atoms with E-state index in [1.165, 1.54) is 0 Å². The molecule has 0 spiro atoms. The van der Waals surface area contributed by atoms with Gasteiger partial charge in [-0.15, -0.1) is 0 Å². The molecule has 0 N–H and O–H groups in total. The van der Waals surface area contributed by atoms with Crippen molar-refractivity contribution in [3.8, 4) is 22.6 Å². The van der Waals surface area contributed by atoms with Gasteiger partial charge in [0.15, 0.2) is 0 Å². The first-order valence-corrected chi connectivity index (χ1v) is 10.0. The van der Waals surface area contributed by atoms with Crippen molar-refractivity contribution in [3.63, 3.8) is 0 Å². The molecule has 0 bridgehead atoms. The molecule has 3 aromatic carbocycles. The van der Waals surface area contributed by atoms with E-state index in [-0.39, 0.29) is 12.2 Å². The predicted octanol–water partition coefficient (Wildman–Crippen LogP) is 5.32. The maximum atomic E-state index is 5.75. The van der Waals surface area contributed by atoms with Crippen molar-refractivity contribution in [2.24, 2.45) is 10.2 Å². The van der Waals surface area contributed by atoms with Gasteiger partial charge in [-0.25, -0.2) is 0 Å². The second-order valence-electron chi connectivity index (χ2n) is 7.31. The molecule has 0 aliphatic carbocycles. The molecule has 1 unspecified atom stereocenters. The Morgan fingerprint density at radius 3 is 1.77 bits per heavy atom. The first-order chi connectivity index (χ1) is 14.8. The van der Waals surface area contributed by atoms with E-state index in [0.717, 1.165) is 40.6 Å². The van der Waals surface area contributed by atoms with Crippen molar-refractivity contribution in [2.75, 3.05) is 26.4 Å². The van der Waals surface area contributed by atoms with Gasteiger partial charge in [-0.05, 0) is 59.7 Å². The van der Waals surface area contributed by atoms with E-state index >= 15 is 0 Å². The Morgan fingerprint density at radius 1 is 0.700 bits per heavy atom. The Kier molecular flexibility index (Phi) is 5.42. The van der Waals surface area contributed by atoms with Gasteiger partial charge in [0.05, 0.1) is 31.2 Å². The third-order valence-electron chi connectivity index (χ3n) is 4.92. The summed E-state index contributed by atoms with van der Waals surface area (Å²) in [5.74, 6) is 1.68. The minimum absolute atomic E-state index is 0.164.